The van der Waals surface area contributed by atoms with Crippen molar-refractivity contribution < 1.29 is 56.5 Å². The standard InChI is InChI=1S/C28H67N5O12S2/c1-28(2,3)45-24-27(36)19-32(12-11-31-10-9-30-8-7-29)13-14-33(20-25(34)22-43-15-5-17-46(37,38)39)21-26(35)23-44-16-6-18-47(40,41)42-4/h25-27,30-31,34-41H,5-24,29H2,1-4H3. The average molecular weight is 730 g/mol. The van der Waals surface area contributed by atoms with Gasteiger partial charge in [0.25, 0.3) is 0 Å². The van der Waals surface area contributed by atoms with Gasteiger partial charge < -0.3 is 68.7 Å². The third kappa shape index (κ3) is 31.7. The predicted octanol–water partition coefficient (Wildman–Crippen LogP) is -0.0249. The quantitative estimate of drug-likeness (QED) is 0.0407. The van der Waals surface area contributed by atoms with Crippen molar-refractivity contribution in [2.24, 2.45) is 5.73 Å². The molecule has 47 heavy (non-hydrogen) atoms. The SMILES string of the molecule is COS(O)(O)CCCOCC(O)CN(CCN(CCNCCNCCN)CC(O)COC(C)(C)C)CC(O)COCCCS(O)(O)O. The van der Waals surface area contributed by atoms with Crippen molar-refractivity contribution in [3.63, 3.8) is 0 Å². The molecule has 0 bridgehead atoms. The molecule has 0 aromatic rings. The summed E-state index contributed by atoms with van der Waals surface area (Å²) in [5, 5.41) is 38.7. The molecule has 0 heterocycles. The van der Waals surface area contributed by atoms with Crippen LogP contribution in [0, 0.1) is 0 Å². The van der Waals surface area contributed by atoms with E-state index in [1.165, 1.54) is 7.11 Å². The number of nitrogens with zero attached hydrogens (tertiary/aromatic N) is 2. The van der Waals surface area contributed by atoms with Crippen LogP contribution in [0.3, 0.4) is 0 Å². The smallest absolute Gasteiger partial charge is 0.0900 e. The molecule has 0 aromatic heterocycles. The van der Waals surface area contributed by atoms with E-state index in [4.69, 9.17) is 33.6 Å². The number of hydrogen-bond acceptors (Lipinski definition) is 17. The molecule has 0 saturated heterocycles. The fourth-order valence-corrected chi connectivity index (χ4v) is 5.39. The van der Waals surface area contributed by atoms with Crippen LogP contribution in [0.15, 0.2) is 0 Å². The lowest BCUT2D eigenvalue weighted by atomic mass is 10.2. The fourth-order valence-electron chi connectivity index (χ4n) is 4.22. The van der Waals surface area contributed by atoms with E-state index in [0.717, 1.165) is 19.6 Å². The molecule has 3 unspecified atom stereocenters. The van der Waals surface area contributed by atoms with Crippen molar-refractivity contribution in [3.05, 3.63) is 0 Å². The zero-order valence-corrected chi connectivity index (χ0v) is 30.5. The minimum atomic E-state index is -3.59. The van der Waals surface area contributed by atoms with Gasteiger partial charge in [-0.25, -0.2) is 0 Å². The topological polar surface area (TPSA) is 255 Å². The number of ether oxygens (including phenoxy) is 3. The highest BCUT2D eigenvalue weighted by atomic mass is 32.3. The van der Waals surface area contributed by atoms with Gasteiger partial charge in [0.2, 0.25) is 0 Å². The van der Waals surface area contributed by atoms with Gasteiger partial charge in [0, 0.05) is 96.7 Å². The molecule has 0 aliphatic heterocycles. The van der Waals surface area contributed by atoms with Crippen LogP contribution in [-0.2, 0) is 18.4 Å². The molecule has 12 N–H and O–H groups in total. The number of aliphatic hydroxyl groups is 3. The summed E-state index contributed by atoms with van der Waals surface area (Å²) in [6.45, 7) is 12.1. The van der Waals surface area contributed by atoms with E-state index in [1.54, 1.807) is 0 Å². The maximum atomic E-state index is 10.7. The van der Waals surface area contributed by atoms with Crippen molar-refractivity contribution >= 4 is 21.7 Å². The molecule has 0 spiro atoms. The summed E-state index contributed by atoms with van der Waals surface area (Å²) in [4.78, 5) is 3.97. The highest BCUT2D eigenvalue weighted by molar-refractivity contribution is 8.20. The Morgan fingerprint density at radius 1 is 0.681 bits per heavy atom. The molecule has 19 heteroatoms. The number of rotatable bonds is 32. The summed E-state index contributed by atoms with van der Waals surface area (Å²) in [6.07, 6.45) is -2.00. The van der Waals surface area contributed by atoms with E-state index < -0.39 is 40.1 Å². The lowest BCUT2D eigenvalue weighted by Crippen LogP contribution is -2.47. The highest BCUT2D eigenvalue weighted by Crippen LogP contribution is 2.38. The van der Waals surface area contributed by atoms with Crippen LogP contribution >= 0.6 is 21.7 Å². The second-order valence-electron chi connectivity index (χ2n) is 12.4. The van der Waals surface area contributed by atoms with Crippen LogP contribution in [-0.4, -0.2) is 195 Å². The van der Waals surface area contributed by atoms with Crippen LogP contribution in [0.1, 0.15) is 33.6 Å². The van der Waals surface area contributed by atoms with Gasteiger partial charge in [-0.15, -0.1) is 0 Å². The Bertz CT molecular complexity index is 741. The van der Waals surface area contributed by atoms with Gasteiger partial charge in [-0.3, -0.25) is 14.0 Å². The monoisotopic (exact) mass is 729 g/mol. The minimum absolute atomic E-state index is 0.00247. The maximum Gasteiger partial charge on any atom is 0.0900 e. The highest BCUT2D eigenvalue weighted by Gasteiger charge is 2.21. The summed E-state index contributed by atoms with van der Waals surface area (Å²) in [7, 11) is -5.46. The molecule has 288 valence electrons. The first-order valence-electron chi connectivity index (χ1n) is 16.2. The first-order chi connectivity index (χ1) is 22.0. The maximum absolute atomic E-state index is 10.7. The zero-order valence-electron chi connectivity index (χ0n) is 28.9. The molecule has 0 aliphatic carbocycles. The van der Waals surface area contributed by atoms with Crippen LogP contribution in [0.25, 0.3) is 0 Å². The number of nitrogens with one attached hydrogen (secondary N) is 2. The molecule has 0 radical (unpaired) electrons. The number of hydrogen-bond donors (Lipinski definition) is 11. The van der Waals surface area contributed by atoms with Gasteiger partial charge in [-0.1, -0.05) is 0 Å². The Morgan fingerprint density at radius 3 is 1.68 bits per heavy atom. The molecule has 0 saturated carbocycles. The van der Waals surface area contributed by atoms with Crippen LogP contribution < -0.4 is 16.4 Å². The van der Waals surface area contributed by atoms with E-state index >= 15 is 0 Å². The summed E-state index contributed by atoms with van der Waals surface area (Å²) in [5.74, 6) is -0.190. The first-order valence-corrected chi connectivity index (χ1v) is 19.5. The Morgan fingerprint density at radius 2 is 1.17 bits per heavy atom. The van der Waals surface area contributed by atoms with Crippen molar-refractivity contribution in [2.75, 3.05) is 124 Å². The third-order valence-electron chi connectivity index (χ3n) is 6.55. The second-order valence-corrected chi connectivity index (χ2v) is 16.0. The lowest BCUT2D eigenvalue weighted by molar-refractivity contribution is -0.0570. The average Bonchev–Trinajstić information content (AvgIpc) is 2.96. The Kier molecular flexibility index (Phi) is 26.8. The summed E-state index contributed by atoms with van der Waals surface area (Å²) >= 11 is 0. The largest absolute Gasteiger partial charge is 0.389 e. The van der Waals surface area contributed by atoms with Gasteiger partial charge in [0.1, 0.15) is 0 Å². The molecule has 0 amide bonds. The first kappa shape index (κ1) is 47.0. The molecule has 0 rings (SSSR count). The van der Waals surface area contributed by atoms with Crippen molar-refractivity contribution in [3.8, 4) is 0 Å². The fraction of sp³-hybridized carbons (Fsp3) is 1.00. The van der Waals surface area contributed by atoms with Gasteiger partial charge in [0.05, 0.1) is 72.6 Å². The second kappa shape index (κ2) is 26.8. The molecule has 0 aliphatic rings. The van der Waals surface area contributed by atoms with Crippen molar-refractivity contribution in [1.82, 2.24) is 20.4 Å². The van der Waals surface area contributed by atoms with Crippen LogP contribution in [0.4, 0.5) is 0 Å². The summed E-state index contributed by atoms with van der Waals surface area (Å²) in [5.41, 5.74) is 5.12. The summed E-state index contributed by atoms with van der Waals surface area (Å²) in [6, 6.07) is 0. The van der Waals surface area contributed by atoms with E-state index in [1.807, 2.05) is 25.7 Å². The minimum Gasteiger partial charge on any atom is -0.389 e. The Balaban J connectivity index is 5.21. The van der Waals surface area contributed by atoms with Gasteiger partial charge in [-0.05, 0) is 33.6 Å². The van der Waals surface area contributed by atoms with E-state index in [-0.39, 0.29) is 69.7 Å². The van der Waals surface area contributed by atoms with Gasteiger partial charge >= 0.3 is 0 Å². The molecule has 0 fully saturated rings. The number of aliphatic hydroxyl groups excluding tert-OH is 3. The summed E-state index contributed by atoms with van der Waals surface area (Å²) < 4.78 is 67.8. The molecular weight excluding hydrogens is 662 g/mol. The van der Waals surface area contributed by atoms with Gasteiger partial charge in [-0.2, -0.15) is 0 Å². The molecule has 17 nitrogen and oxygen atoms in total. The molecular formula is C28H67N5O12S2. The van der Waals surface area contributed by atoms with E-state index in [2.05, 4.69) is 19.7 Å². The van der Waals surface area contributed by atoms with E-state index in [0.29, 0.717) is 45.7 Å². The van der Waals surface area contributed by atoms with Gasteiger partial charge in [0.15, 0.2) is 0 Å². The van der Waals surface area contributed by atoms with Crippen molar-refractivity contribution in [2.45, 2.75) is 57.5 Å². The van der Waals surface area contributed by atoms with Crippen molar-refractivity contribution in [1.29, 1.82) is 0 Å². The zero-order chi connectivity index (χ0) is 35.8. The lowest BCUT2D eigenvalue weighted by Gasteiger charge is -2.32. The number of nitrogens with two attached hydrogens (primary N) is 1. The predicted molar refractivity (Wildman–Crippen MR) is 187 cm³/mol. The van der Waals surface area contributed by atoms with E-state index in [9.17, 15) is 24.4 Å². The molecule has 3 atom stereocenters. The normalized spacial score (nSPS) is 15.8. The third-order valence-corrected chi connectivity index (χ3v) is 8.74. The van der Waals surface area contributed by atoms with Crippen LogP contribution in [0.2, 0.25) is 0 Å². The Hall–Kier alpha value is 0.0200. The Labute approximate surface area is 285 Å². The van der Waals surface area contributed by atoms with Crippen LogP contribution in [0.5, 0.6) is 0 Å². The molecule has 0 aromatic carbocycles.